The third-order valence-corrected chi connectivity index (χ3v) is 4.06. The highest BCUT2D eigenvalue weighted by molar-refractivity contribution is 7.17. The number of hydrogen-bond donors (Lipinski definition) is 1. The zero-order valence-corrected chi connectivity index (χ0v) is 13.0. The van der Waals surface area contributed by atoms with E-state index in [1.807, 2.05) is 31.2 Å². The Kier molecular flexibility index (Phi) is 5.36. The second-order valence-corrected chi connectivity index (χ2v) is 6.10. The number of benzene rings is 1. The molecule has 1 heterocycles. The lowest BCUT2D eigenvalue weighted by atomic mass is 10.1. The first kappa shape index (κ1) is 15.5. The van der Waals surface area contributed by atoms with Gasteiger partial charge in [0.25, 0.3) is 5.91 Å². The number of ether oxygens (including phenoxy) is 1. The van der Waals surface area contributed by atoms with Gasteiger partial charge in [-0.25, -0.2) is 4.79 Å². The van der Waals surface area contributed by atoms with Gasteiger partial charge in [-0.2, -0.15) is 0 Å². The van der Waals surface area contributed by atoms with Crippen molar-refractivity contribution < 1.29 is 14.3 Å². The van der Waals surface area contributed by atoms with Crippen molar-refractivity contribution in [1.29, 1.82) is 0 Å². The average molecular weight is 324 g/mol. The summed E-state index contributed by atoms with van der Waals surface area (Å²) in [6, 6.07) is 10.9. The molecule has 0 aliphatic carbocycles. The van der Waals surface area contributed by atoms with E-state index in [1.165, 1.54) is 0 Å². The highest BCUT2D eigenvalue weighted by atomic mass is 35.5. The summed E-state index contributed by atoms with van der Waals surface area (Å²) in [5, 5.41) is 2.71. The predicted molar refractivity (Wildman–Crippen MR) is 82.6 cm³/mol. The van der Waals surface area contributed by atoms with Gasteiger partial charge in [0, 0.05) is 6.54 Å². The third-order valence-electron chi connectivity index (χ3n) is 2.85. The molecule has 0 bridgehead atoms. The zero-order valence-electron chi connectivity index (χ0n) is 11.4. The van der Waals surface area contributed by atoms with Crippen LogP contribution in [0.4, 0.5) is 0 Å². The minimum atomic E-state index is -0.544. The summed E-state index contributed by atoms with van der Waals surface area (Å²) in [7, 11) is 0. The fourth-order valence-corrected chi connectivity index (χ4v) is 2.62. The van der Waals surface area contributed by atoms with Crippen LogP contribution in [-0.2, 0) is 16.1 Å². The van der Waals surface area contributed by atoms with Gasteiger partial charge in [-0.1, -0.05) is 35.9 Å². The van der Waals surface area contributed by atoms with Crippen molar-refractivity contribution in [2.75, 3.05) is 6.61 Å². The average Bonchev–Trinajstić information content (AvgIpc) is 2.90. The molecule has 0 atom stereocenters. The maximum Gasteiger partial charge on any atom is 0.348 e. The van der Waals surface area contributed by atoms with Crippen LogP contribution in [0.15, 0.2) is 36.4 Å². The van der Waals surface area contributed by atoms with Crippen LogP contribution in [-0.4, -0.2) is 18.5 Å². The van der Waals surface area contributed by atoms with E-state index in [0.717, 1.165) is 22.5 Å². The van der Waals surface area contributed by atoms with E-state index >= 15 is 0 Å². The van der Waals surface area contributed by atoms with Gasteiger partial charge in [0.2, 0.25) is 0 Å². The van der Waals surface area contributed by atoms with Gasteiger partial charge in [0.1, 0.15) is 4.88 Å². The Morgan fingerprint density at radius 2 is 2.00 bits per heavy atom. The highest BCUT2D eigenvalue weighted by Gasteiger charge is 2.12. The molecule has 21 heavy (non-hydrogen) atoms. The molecule has 0 spiro atoms. The second kappa shape index (κ2) is 7.24. The first-order valence-corrected chi connectivity index (χ1v) is 7.49. The Labute approximate surface area is 131 Å². The molecule has 1 aromatic carbocycles. The van der Waals surface area contributed by atoms with Crippen LogP contribution in [0.2, 0.25) is 4.34 Å². The molecular formula is C15H14ClNO3S. The van der Waals surface area contributed by atoms with E-state index in [9.17, 15) is 9.59 Å². The Morgan fingerprint density at radius 3 is 2.67 bits per heavy atom. The fraction of sp³-hybridized carbons (Fsp3) is 0.200. The zero-order chi connectivity index (χ0) is 15.2. The highest BCUT2D eigenvalue weighted by Crippen LogP contribution is 2.21. The van der Waals surface area contributed by atoms with Crippen molar-refractivity contribution in [2.45, 2.75) is 13.5 Å². The van der Waals surface area contributed by atoms with E-state index in [0.29, 0.717) is 15.8 Å². The summed E-state index contributed by atoms with van der Waals surface area (Å²) >= 11 is 6.85. The van der Waals surface area contributed by atoms with Crippen molar-refractivity contribution in [3.05, 3.63) is 56.7 Å². The first-order valence-electron chi connectivity index (χ1n) is 6.30. The molecule has 0 aliphatic heterocycles. The molecule has 1 amide bonds. The number of rotatable bonds is 5. The summed E-state index contributed by atoms with van der Waals surface area (Å²) in [6.07, 6.45) is 0. The Bertz CT molecular complexity index is 654. The van der Waals surface area contributed by atoms with Crippen molar-refractivity contribution in [2.24, 2.45) is 0 Å². The van der Waals surface area contributed by atoms with Crippen molar-refractivity contribution in [1.82, 2.24) is 5.32 Å². The van der Waals surface area contributed by atoms with Crippen LogP contribution in [0.3, 0.4) is 0 Å². The smallest absolute Gasteiger partial charge is 0.348 e. The first-order chi connectivity index (χ1) is 10.1. The van der Waals surface area contributed by atoms with Crippen LogP contribution in [0, 0.1) is 6.92 Å². The molecule has 0 saturated carbocycles. The molecule has 0 unspecified atom stereocenters. The largest absolute Gasteiger partial charge is 0.451 e. The number of carbonyl (C=O) groups is 2. The van der Waals surface area contributed by atoms with Gasteiger partial charge in [-0.3, -0.25) is 4.79 Å². The molecule has 0 fully saturated rings. The number of esters is 1. The van der Waals surface area contributed by atoms with Crippen LogP contribution >= 0.6 is 22.9 Å². The monoisotopic (exact) mass is 323 g/mol. The maximum absolute atomic E-state index is 11.7. The molecule has 110 valence electrons. The summed E-state index contributed by atoms with van der Waals surface area (Å²) < 4.78 is 5.43. The van der Waals surface area contributed by atoms with Gasteiger partial charge in [0.05, 0.1) is 4.34 Å². The van der Waals surface area contributed by atoms with Crippen LogP contribution in [0.5, 0.6) is 0 Å². The predicted octanol–water partition coefficient (Wildman–Crippen LogP) is 3.18. The van der Waals surface area contributed by atoms with E-state index in [4.69, 9.17) is 16.3 Å². The molecule has 1 aromatic heterocycles. The van der Waals surface area contributed by atoms with Crippen molar-refractivity contribution >= 4 is 34.8 Å². The molecule has 2 aromatic rings. The van der Waals surface area contributed by atoms with Crippen molar-refractivity contribution in [3.63, 3.8) is 0 Å². The van der Waals surface area contributed by atoms with E-state index in [2.05, 4.69) is 5.32 Å². The lowest BCUT2D eigenvalue weighted by Crippen LogP contribution is -2.28. The quantitative estimate of drug-likeness (QED) is 0.860. The van der Waals surface area contributed by atoms with Gasteiger partial charge >= 0.3 is 5.97 Å². The number of hydrogen-bond acceptors (Lipinski definition) is 4. The number of thiophene rings is 1. The van der Waals surface area contributed by atoms with Crippen molar-refractivity contribution in [3.8, 4) is 0 Å². The Morgan fingerprint density at radius 1 is 1.24 bits per heavy atom. The number of carbonyl (C=O) groups excluding carboxylic acids is 2. The minimum Gasteiger partial charge on any atom is -0.451 e. The molecule has 6 heteroatoms. The Hall–Kier alpha value is -1.85. The van der Waals surface area contributed by atoms with Gasteiger partial charge in [0.15, 0.2) is 6.61 Å². The molecule has 4 nitrogen and oxygen atoms in total. The topological polar surface area (TPSA) is 55.4 Å². The number of halogens is 1. The summed E-state index contributed by atoms with van der Waals surface area (Å²) in [6.45, 7) is 2.08. The lowest BCUT2D eigenvalue weighted by molar-refractivity contribution is -0.124. The summed E-state index contributed by atoms with van der Waals surface area (Å²) in [4.78, 5) is 23.7. The molecule has 0 saturated heterocycles. The maximum atomic E-state index is 11.7. The van der Waals surface area contributed by atoms with Gasteiger partial charge in [-0.15, -0.1) is 11.3 Å². The summed E-state index contributed by atoms with van der Waals surface area (Å²) in [5.74, 6) is -0.882. The lowest BCUT2D eigenvalue weighted by Gasteiger charge is -2.08. The number of nitrogens with one attached hydrogen (secondary N) is 1. The van der Waals surface area contributed by atoms with E-state index in [1.54, 1.807) is 12.1 Å². The van der Waals surface area contributed by atoms with Gasteiger partial charge < -0.3 is 10.1 Å². The van der Waals surface area contributed by atoms with Gasteiger partial charge in [-0.05, 0) is 30.2 Å². The SMILES string of the molecule is Cc1ccccc1CNC(=O)COC(=O)c1ccc(Cl)s1. The summed E-state index contributed by atoms with van der Waals surface area (Å²) in [5.41, 5.74) is 2.13. The molecule has 0 radical (unpaired) electrons. The standard InChI is InChI=1S/C15H14ClNO3S/c1-10-4-2-3-5-11(10)8-17-14(18)9-20-15(19)12-6-7-13(16)21-12/h2-7H,8-9H2,1H3,(H,17,18). The van der Waals surface area contributed by atoms with E-state index < -0.39 is 5.97 Å². The van der Waals surface area contributed by atoms with Crippen LogP contribution < -0.4 is 5.32 Å². The number of amides is 1. The molecule has 1 N–H and O–H groups in total. The fourth-order valence-electron chi connectivity index (χ4n) is 1.68. The molecule has 0 aliphatic rings. The van der Waals surface area contributed by atoms with Crippen LogP contribution in [0.25, 0.3) is 0 Å². The Balaban J connectivity index is 1.78. The number of aryl methyl sites for hydroxylation is 1. The van der Waals surface area contributed by atoms with E-state index in [-0.39, 0.29) is 12.5 Å². The second-order valence-electron chi connectivity index (χ2n) is 4.38. The third kappa shape index (κ3) is 4.58. The molecular weight excluding hydrogens is 310 g/mol. The normalized spacial score (nSPS) is 10.2. The minimum absolute atomic E-state index is 0.305. The molecule has 2 rings (SSSR count). The van der Waals surface area contributed by atoms with Crippen LogP contribution in [0.1, 0.15) is 20.8 Å².